The molecule has 0 aromatic heterocycles. The van der Waals surface area contributed by atoms with Crippen molar-refractivity contribution in [2.75, 3.05) is 4.90 Å². The van der Waals surface area contributed by atoms with Gasteiger partial charge >= 0.3 is 5.97 Å². The Morgan fingerprint density at radius 3 is 2.30 bits per heavy atom. The van der Waals surface area contributed by atoms with Gasteiger partial charge in [0.25, 0.3) is 11.8 Å². The van der Waals surface area contributed by atoms with E-state index in [9.17, 15) is 14.4 Å². The van der Waals surface area contributed by atoms with Gasteiger partial charge in [-0.05, 0) is 61.7 Å². The molecule has 0 saturated heterocycles. The molecule has 1 aliphatic heterocycles. The number of anilines is 1. The van der Waals surface area contributed by atoms with Gasteiger partial charge in [0.2, 0.25) is 0 Å². The number of hydrogen-bond donors (Lipinski definition) is 0. The van der Waals surface area contributed by atoms with Crippen LogP contribution in [0.5, 0.6) is 0 Å². The van der Waals surface area contributed by atoms with Crippen molar-refractivity contribution in [3.63, 3.8) is 0 Å². The van der Waals surface area contributed by atoms with Crippen LogP contribution in [0.25, 0.3) is 0 Å². The maximum atomic E-state index is 13.0. The highest BCUT2D eigenvalue weighted by Gasteiger charge is 2.38. The molecule has 0 radical (unpaired) electrons. The zero-order chi connectivity index (χ0) is 21.4. The van der Waals surface area contributed by atoms with Gasteiger partial charge in [-0.2, -0.15) is 0 Å². The Bertz CT molecular complexity index is 1170. The summed E-state index contributed by atoms with van der Waals surface area (Å²) in [4.78, 5) is 39.8. The third kappa shape index (κ3) is 3.39. The molecule has 0 aliphatic carbocycles. The second kappa shape index (κ2) is 7.59. The van der Waals surface area contributed by atoms with Crippen molar-refractivity contribution in [2.24, 2.45) is 0 Å². The number of imide groups is 1. The number of benzene rings is 3. The molecule has 30 heavy (non-hydrogen) atoms. The fraction of sp³-hybridized carbons (Fsp3) is 0.160. The quantitative estimate of drug-likeness (QED) is 0.456. The number of carbonyl (C=O) groups excluding carboxylic acids is 3. The summed E-state index contributed by atoms with van der Waals surface area (Å²) in [5, 5.41) is 0. The number of nitrogens with zero attached hydrogens (tertiary/aromatic N) is 1. The van der Waals surface area contributed by atoms with Crippen molar-refractivity contribution in [3.05, 3.63) is 100 Å². The van der Waals surface area contributed by atoms with E-state index in [4.69, 9.17) is 4.74 Å². The molecular formula is C25H21NO4. The molecule has 0 N–H and O–H groups in total. The van der Waals surface area contributed by atoms with E-state index in [0.717, 1.165) is 16.7 Å². The predicted molar refractivity (Wildman–Crippen MR) is 114 cm³/mol. The Morgan fingerprint density at radius 1 is 0.867 bits per heavy atom. The van der Waals surface area contributed by atoms with Crippen LogP contribution < -0.4 is 4.90 Å². The van der Waals surface area contributed by atoms with Gasteiger partial charge in [-0.1, -0.05) is 42.5 Å². The normalized spacial score (nSPS) is 13.9. The second-order valence-corrected chi connectivity index (χ2v) is 7.45. The molecule has 5 nitrogen and oxygen atoms in total. The van der Waals surface area contributed by atoms with Crippen molar-refractivity contribution in [1.29, 1.82) is 0 Å². The van der Waals surface area contributed by atoms with Crippen LogP contribution in [0.1, 0.15) is 60.8 Å². The highest BCUT2D eigenvalue weighted by atomic mass is 16.5. The maximum absolute atomic E-state index is 13.0. The Hall–Kier alpha value is -3.73. The highest BCUT2D eigenvalue weighted by Crippen LogP contribution is 2.32. The summed E-state index contributed by atoms with van der Waals surface area (Å²) in [7, 11) is 0. The molecule has 3 aromatic rings. The standard InChI is InChI=1S/C25H21NO4/c1-15-9-10-16(2)22(13-15)26-23(27)20-12-11-19(14-21(20)24(26)28)25(29)30-17(3)18-7-5-4-6-8-18/h4-14,17H,1-3H3. The van der Waals surface area contributed by atoms with Gasteiger partial charge in [-0.15, -0.1) is 0 Å². The average Bonchev–Trinajstić information content (AvgIpc) is 3.00. The molecule has 1 aliphatic rings. The Morgan fingerprint density at radius 2 is 1.57 bits per heavy atom. The minimum absolute atomic E-state index is 0.211. The number of rotatable bonds is 4. The third-order valence-corrected chi connectivity index (χ3v) is 5.28. The van der Waals surface area contributed by atoms with Crippen molar-refractivity contribution in [3.8, 4) is 0 Å². The zero-order valence-electron chi connectivity index (χ0n) is 17.0. The molecule has 0 bridgehead atoms. The van der Waals surface area contributed by atoms with Crippen LogP contribution in [0.4, 0.5) is 5.69 Å². The van der Waals surface area contributed by atoms with Crippen LogP contribution in [0.3, 0.4) is 0 Å². The van der Waals surface area contributed by atoms with Gasteiger partial charge in [-0.3, -0.25) is 9.59 Å². The Kier molecular flexibility index (Phi) is 4.96. The van der Waals surface area contributed by atoms with Crippen LogP contribution in [0, 0.1) is 13.8 Å². The lowest BCUT2D eigenvalue weighted by Gasteiger charge is -2.17. The average molecular weight is 399 g/mol. The van der Waals surface area contributed by atoms with E-state index in [-0.39, 0.29) is 22.6 Å². The molecule has 4 rings (SSSR count). The van der Waals surface area contributed by atoms with Gasteiger partial charge < -0.3 is 4.74 Å². The van der Waals surface area contributed by atoms with Crippen molar-refractivity contribution in [1.82, 2.24) is 0 Å². The van der Waals surface area contributed by atoms with Crippen LogP contribution in [0.15, 0.2) is 66.7 Å². The lowest BCUT2D eigenvalue weighted by atomic mass is 10.1. The Labute approximate surface area is 174 Å². The van der Waals surface area contributed by atoms with E-state index in [1.807, 2.05) is 62.4 Å². The van der Waals surface area contributed by atoms with Gasteiger partial charge in [0, 0.05) is 0 Å². The van der Waals surface area contributed by atoms with E-state index < -0.39 is 18.0 Å². The molecule has 5 heteroatoms. The smallest absolute Gasteiger partial charge is 0.338 e. The van der Waals surface area contributed by atoms with Gasteiger partial charge in [0.05, 0.1) is 22.4 Å². The van der Waals surface area contributed by atoms with Gasteiger partial charge in [0.15, 0.2) is 0 Å². The molecule has 1 atom stereocenters. The number of esters is 1. The zero-order valence-corrected chi connectivity index (χ0v) is 17.0. The second-order valence-electron chi connectivity index (χ2n) is 7.45. The van der Waals surface area contributed by atoms with E-state index in [2.05, 4.69) is 0 Å². The van der Waals surface area contributed by atoms with Crippen LogP contribution in [-0.2, 0) is 4.74 Å². The molecule has 1 unspecified atom stereocenters. The van der Waals surface area contributed by atoms with E-state index in [1.54, 1.807) is 6.92 Å². The monoisotopic (exact) mass is 399 g/mol. The fourth-order valence-corrected chi connectivity index (χ4v) is 3.57. The number of amides is 2. The number of ether oxygens (including phenoxy) is 1. The third-order valence-electron chi connectivity index (χ3n) is 5.28. The largest absolute Gasteiger partial charge is 0.454 e. The van der Waals surface area contributed by atoms with Gasteiger partial charge in [-0.25, -0.2) is 9.69 Å². The summed E-state index contributed by atoms with van der Waals surface area (Å²) in [5.74, 6) is -1.37. The number of carbonyl (C=O) groups is 3. The lowest BCUT2D eigenvalue weighted by molar-refractivity contribution is 0.0337. The molecule has 1 heterocycles. The summed E-state index contributed by atoms with van der Waals surface area (Å²) in [5.41, 5.74) is 3.94. The molecule has 0 fully saturated rings. The van der Waals surface area contributed by atoms with E-state index >= 15 is 0 Å². The first-order valence-corrected chi connectivity index (χ1v) is 9.73. The van der Waals surface area contributed by atoms with E-state index in [0.29, 0.717) is 5.69 Å². The molecular weight excluding hydrogens is 378 g/mol. The summed E-state index contributed by atoms with van der Waals surface area (Å²) < 4.78 is 5.54. The SMILES string of the molecule is Cc1ccc(C)c(N2C(=O)c3ccc(C(=O)OC(C)c4ccccc4)cc3C2=O)c1. The molecule has 3 aromatic carbocycles. The highest BCUT2D eigenvalue weighted by molar-refractivity contribution is 6.35. The summed E-state index contributed by atoms with van der Waals surface area (Å²) in [6.07, 6.45) is -0.435. The number of hydrogen-bond acceptors (Lipinski definition) is 4. The first-order chi connectivity index (χ1) is 14.4. The number of aryl methyl sites for hydroxylation is 2. The van der Waals surface area contributed by atoms with Gasteiger partial charge in [0.1, 0.15) is 6.10 Å². The van der Waals surface area contributed by atoms with E-state index in [1.165, 1.54) is 23.1 Å². The summed E-state index contributed by atoms with van der Waals surface area (Å²) in [6, 6.07) is 19.5. The predicted octanol–water partition coefficient (Wildman–Crippen LogP) is 5.02. The molecule has 150 valence electrons. The fourth-order valence-electron chi connectivity index (χ4n) is 3.57. The molecule has 0 saturated carbocycles. The first-order valence-electron chi connectivity index (χ1n) is 9.73. The van der Waals surface area contributed by atoms with Crippen LogP contribution in [0.2, 0.25) is 0 Å². The molecule has 0 spiro atoms. The number of fused-ring (bicyclic) bond motifs is 1. The maximum Gasteiger partial charge on any atom is 0.338 e. The Balaban J connectivity index is 1.62. The minimum atomic E-state index is -0.542. The van der Waals surface area contributed by atoms with Crippen molar-refractivity contribution in [2.45, 2.75) is 26.9 Å². The summed E-state index contributed by atoms with van der Waals surface area (Å²) >= 11 is 0. The lowest BCUT2D eigenvalue weighted by Crippen LogP contribution is -2.30. The van der Waals surface area contributed by atoms with Crippen LogP contribution in [-0.4, -0.2) is 17.8 Å². The molecule has 2 amide bonds. The first kappa shape index (κ1) is 19.6. The van der Waals surface area contributed by atoms with Crippen LogP contribution >= 0.6 is 0 Å². The topological polar surface area (TPSA) is 63.7 Å². The van der Waals surface area contributed by atoms with Crippen molar-refractivity contribution < 1.29 is 19.1 Å². The van der Waals surface area contributed by atoms with Crippen molar-refractivity contribution >= 4 is 23.5 Å². The minimum Gasteiger partial charge on any atom is -0.454 e. The summed E-state index contributed by atoms with van der Waals surface area (Å²) in [6.45, 7) is 5.55.